The fourth-order valence-electron chi connectivity index (χ4n) is 2.34. The van der Waals surface area contributed by atoms with Crippen molar-refractivity contribution in [3.05, 3.63) is 70.1 Å². The third-order valence-electron chi connectivity index (χ3n) is 3.66. The first-order valence-corrected chi connectivity index (χ1v) is 7.15. The van der Waals surface area contributed by atoms with E-state index in [1.165, 1.54) is 6.07 Å². The number of phenols is 1. The van der Waals surface area contributed by atoms with Crippen molar-refractivity contribution in [2.75, 3.05) is 11.9 Å². The van der Waals surface area contributed by atoms with E-state index in [2.05, 4.69) is 5.32 Å². The third kappa shape index (κ3) is 2.94. The molecule has 1 aromatic heterocycles. The number of benzene rings is 2. The molecule has 0 aliphatic heterocycles. The van der Waals surface area contributed by atoms with Crippen LogP contribution in [-0.2, 0) is 0 Å². The maximum Gasteiger partial charge on any atom is 0.359 e. The molecule has 0 unspecified atom stereocenters. The molecule has 0 amide bonds. The van der Waals surface area contributed by atoms with E-state index in [-0.39, 0.29) is 23.8 Å². The number of ketones is 1. The van der Waals surface area contributed by atoms with E-state index in [9.17, 15) is 14.7 Å². The SMILES string of the molecule is Cc1c(O)ccc2cc(NCC(=O)c3ccccc3)c(=O)oc12. The normalized spacial score (nSPS) is 10.7. The summed E-state index contributed by atoms with van der Waals surface area (Å²) in [6, 6.07) is 13.7. The van der Waals surface area contributed by atoms with Crippen LogP contribution in [0.4, 0.5) is 5.69 Å². The topological polar surface area (TPSA) is 79.5 Å². The van der Waals surface area contributed by atoms with E-state index >= 15 is 0 Å². The Bertz CT molecular complexity index is 929. The zero-order valence-corrected chi connectivity index (χ0v) is 12.5. The molecule has 1 heterocycles. The van der Waals surface area contributed by atoms with Crippen molar-refractivity contribution in [3.63, 3.8) is 0 Å². The summed E-state index contributed by atoms with van der Waals surface area (Å²) in [4.78, 5) is 24.1. The van der Waals surface area contributed by atoms with Gasteiger partial charge in [0.25, 0.3) is 0 Å². The van der Waals surface area contributed by atoms with Crippen molar-refractivity contribution in [2.24, 2.45) is 0 Å². The van der Waals surface area contributed by atoms with Crippen LogP contribution >= 0.6 is 0 Å². The zero-order valence-electron chi connectivity index (χ0n) is 12.5. The Labute approximate surface area is 132 Å². The minimum atomic E-state index is -0.577. The Hall–Kier alpha value is -3.08. The molecule has 23 heavy (non-hydrogen) atoms. The minimum absolute atomic E-state index is 0.00263. The molecule has 0 aliphatic carbocycles. The van der Waals surface area contributed by atoms with Crippen LogP contribution in [0.2, 0.25) is 0 Å². The predicted octanol–water partition coefficient (Wildman–Crippen LogP) is 3.10. The fourth-order valence-corrected chi connectivity index (χ4v) is 2.34. The van der Waals surface area contributed by atoms with Crippen LogP contribution in [0.3, 0.4) is 0 Å². The minimum Gasteiger partial charge on any atom is -0.508 e. The lowest BCUT2D eigenvalue weighted by atomic mass is 10.1. The summed E-state index contributed by atoms with van der Waals surface area (Å²) in [7, 11) is 0. The Morgan fingerprint density at radius 2 is 1.91 bits per heavy atom. The number of aromatic hydroxyl groups is 1. The van der Waals surface area contributed by atoms with Gasteiger partial charge in [0.1, 0.15) is 17.0 Å². The first kappa shape index (κ1) is 14.8. The van der Waals surface area contributed by atoms with Gasteiger partial charge in [-0.15, -0.1) is 0 Å². The van der Waals surface area contributed by atoms with Gasteiger partial charge in [-0.3, -0.25) is 4.79 Å². The highest BCUT2D eigenvalue weighted by Crippen LogP contribution is 2.26. The molecule has 5 nitrogen and oxygen atoms in total. The number of rotatable bonds is 4. The van der Waals surface area contributed by atoms with Gasteiger partial charge in [-0.1, -0.05) is 30.3 Å². The van der Waals surface area contributed by atoms with Gasteiger partial charge in [-0.2, -0.15) is 0 Å². The molecule has 2 aromatic carbocycles. The van der Waals surface area contributed by atoms with Gasteiger partial charge in [0.05, 0.1) is 6.54 Å². The Balaban J connectivity index is 1.86. The highest BCUT2D eigenvalue weighted by atomic mass is 16.4. The molecule has 0 spiro atoms. The summed E-state index contributed by atoms with van der Waals surface area (Å²) >= 11 is 0. The molecule has 0 saturated carbocycles. The Kier molecular flexibility index (Phi) is 3.85. The van der Waals surface area contributed by atoms with E-state index in [1.54, 1.807) is 43.3 Å². The Morgan fingerprint density at radius 1 is 1.17 bits per heavy atom. The summed E-state index contributed by atoms with van der Waals surface area (Å²) < 4.78 is 5.25. The summed E-state index contributed by atoms with van der Waals surface area (Å²) in [6.45, 7) is 1.67. The molecular weight excluding hydrogens is 294 g/mol. The van der Waals surface area contributed by atoms with Crippen molar-refractivity contribution in [1.82, 2.24) is 0 Å². The number of phenolic OH excluding ortho intramolecular Hbond substituents is 1. The maximum atomic E-state index is 12.1. The zero-order chi connectivity index (χ0) is 16.4. The molecule has 0 saturated heterocycles. The summed E-state index contributed by atoms with van der Waals surface area (Å²) in [6.07, 6.45) is 0. The second-order valence-electron chi connectivity index (χ2n) is 5.22. The maximum absolute atomic E-state index is 12.1. The summed E-state index contributed by atoms with van der Waals surface area (Å²) in [5.74, 6) is -0.0485. The number of aryl methyl sites for hydroxylation is 1. The average molecular weight is 309 g/mol. The summed E-state index contributed by atoms with van der Waals surface area (Å²) in [5.41, 5.74) is 1.06. The fraction of sp³-hybridized carbons (Fsp3) is 0.111. The van der Waals surface area contributed by atoms with Gasteiger partial charge >= 0.3 is 5.63 Å². The van der Waals surface area contributed by atoms with Gasteiger partial charge < -0.3 is 14.8 Å². The van der Waals surface area contributed by atoms with Crippen LogP contribution in [0.5, 0.6) is 5.75 Å². The van der Waals surface area contributed by atoms with E-state index < -0.39 is 5.63 Å². The third-order valence-corrected chi connectivity index (χ3v) is 3.66. The van der Waals surface area contributed by atoms with Crippen LogP contribution in [0.1, 0.15) is 15.9 Å². The lowest BCUT2D eigenvalue weighted by Gasteiger charge is -2.07. The molecule has 0 radical (unpaired) electrons. The van der Waals surface area contributed by atoms with E-state index in [4.69, 9.17) is 4.42 Å². The number of carbonyl (C=O) groups excluding carboxylic acids is 1. The van der Waals surface area contributed by atoms with Gasteiger partial charge in [0.15, 0.2) is 5.78 Å². The molecule has 2 N–H and O–H groups in total. The number of Topliss-reactive ketones (excluding diaryl/α,β-unsaturated/α-hetero) is 1. The molecule has 3 aromatic rings. The molecule has 3 rings (SSSR count). The molecule has 0 fully saturated rings. The molecular formula is C18H15NO4. The molecule has 0 atom stereocenters. The number of nitrogens with one attached hydrogen (secondary N) is 1. The molecule has 5 heteroatoms. The van der Waals surface area contributed by atoms with Crippen molar-refractivity contribution in [2.45, 2.75) is 6.92 Å². The molecule has 0 bridgehead atoms. The highest BCUT2D eigenvalue weighted by molar-refractivity contribution is 5.99. The first-order valence-electron chi connectivity index (χ1n) is 7.15. The predicted molar refractivity (Wildman–Crippen MR) is 88.1 cm³/mol. The Morgan fingerprint density at radius 3 is 2.65 bits per heavy atom. The van der Waals surface area contributed by atoms with E-state index in [0.717, 1.165) is 0 Å². The van der Waals surface area contributed by atoms with Crippen molar-refractivity contribution in [1.29, 1.82) is 0 Å². The van der Waals surface area contributed by atoms with Crippen LogP contribution in [0, 0.1) is 6.92 Å². The van der Waals surface area contributed by atoms with Gasteiger partial charge in [-0.25, -0.2) is 4.79 Å². The second-order valence-corrected chi connectivity index (χ2v) is 5.22. The van der Waals surface area contributed by atoms with E-state index in [0.29, 0.717) is 22.1 Å². The van der Waals surface area contributed by atoms with Crippen LogP contribution < -0.4 is 10.9 Å². The van der Waals surface area contributed by atoms with Crippen LogP contribution in [-0.4, -0.2) is 17.4 Å². The van der Waals surface area contributed by atoms with Gasteiger partial charge in [-0.05, 0) is 25.1 Å². The number of carbonyl (C=O) groups is 1. The van der Waals surface area contributed by atoms with Crippen molar-refractivity contribution >= 4 is 22.4 Å². The smallest absolute Gasteiger partial charge is 0.359 e. The van der Waals surface area contributed by atoms with Gasteiger partial charge in [0, 0.05) is 16.5 Å². The van der Waals surface area contributed by atoms with Crippen molar-refractivity contribution in [3.8, 4) is 5.75 Å². The largest absolute Gasteiger partial charge is 0.508 e. The first-order chi connectivity index (χ1) is 11.1. The number of fused-ring (bicyclic) bond motifs is 1. The van der Waals surface area contributed by atoms with Gasteiger partial charge in [0.2, 0.25) is 0 Å². The summed E-state index contributed by atoms with van der Waals surface area (Å²) in [5, 5.41) is 13.2. The number of hydrogen-bond donors (Lipinski definition) is 2. The highest BCUT2D eigenvalue weighted by Gasteiger charge is 2.11. The second kappa shape index (κ2) is 5.96. The quantitative estimate of drug-likeness (QED) is 0.572. The number of anilines is 1. The lowest BCUT2D eigenvalue weighted by molar-refractivity contribution is 0.101. The standard InChI is InChI=1S/C18H15NO4/c1-11-15(20)8-7-13-9-14(18(22)23-17(11)13)19-10-16(21)12-5-3-2-4-6-12/h2-9,19-20H,10H2,1H3. The lowest BCUT2D eigenvalue weighted by Crippen LogP contribution is -2.18. The van der Waals surface area contributed by atoms with Crippen LogP contribution in [0.25, 0.3) is 11.0 Å². The monoisotopic (exact) mass is 309 g/mol. The molecule has 0 aliphatic rings. The average Bonchev–Trinajstić information content (AvgIpc) is 2.57. The number of hydrogen-bond acceptors (Lipinski definition) is 5. The van der Waals surface area contributed by atoms with E-state index in [1.807, 2.05) is 6.07 Å². The van der Waals surface area contributed by atoms with Crippen molar-refractivity contribution < 1.29 is 14.3 Å². The molecule has 116 valence electrons. The van der Waals surface area contributed by atoms with Crippen LogP contribution in [0.15, 0.2) is 57.7 Å².